The van der Waals surface area contributed by atoms with Crippen LogP contribution in [0.5, 0.6) is 0 Å². The number of hydrogen-bond acceptors (Lipinski definition) is 1. The molecule has 0 aliphatic heterocycles. The summed E-state index contributed by atoms with van der Waals surface area (Å²) in [6.07, 6.45) is 3.32. The molecule has 0 heterocycles. The fraction of sp³-hybridized carbons (Fsp3) is 0.538. The van der Waals surface area contributed by atoms with Crippen LogP contribution in [0.1, 0.15) is 44.7 Å². The van der Waals surface area contributed by atoms with Crippen molar-refractivity contribution in [3.05, 3.63) is 33.8 Å². The summed E-state index contributed by atoms with van der Waals surface area (Å²) in [6, 6.07) is 5.53. The van der Waals surface area contributed by atoms with Crippen molar-refractivity contribution in [1.82, 2.24) is 0 Å². The minimum absolute atomic E-state index is 0.0171. The van der Waals surface area contributed by atoms with Gasteiger partial charge in [0.2, 0.25) is 0 Å². The Kier molecular flexibility index (Phi) is 5.60. The summed E-state index contributed by atoms with van der Waals surface area (Å²) in [7, 11) is 0. The Balaban J connectivity index is 2.55. The molecule has 0 saturated carbocycles. The van der Waals surface area contributed by atoms with E-state index in [2.05, 4.69) is 13.8 Å². The van der Waals surface area contributed by atoms with Crippen molar-refractivity contribution < 1.29 is 0 Å². The van der Waals surface area contributed by atoms with Gasteiger partial charge in [-0.15, -0.1) is 0 Å². The van der Waals surface area contributed by atoms with Crippen molar-refractivity contribution in [2.45, 2.75) is 39.2 Å². The standard InChI is InChI=1S/C13H19Cl2N/c1-9(2)4-3-5-13(16)11-7-6-10(14)8-12(11)15/h6-9,13H,3-5,16H2,1-2H3. The Labute approximate surface area is 108 Å². The lowest BCUT2D eigenvalue weighted by atomic mass is 9.99. The van der Waals surface area contributed by atoms with Gasteiger partial charge in [0.25, 0.3) is 0 Å². The van der Waals surface area contributed by atoms with Gasteiger partial charge in [-0.05, 0) is 30.0 Å². The number of halogens is 2. The molecule has 1 aromatic rings. The van der Waals surface area contributed by atoms with Gasteiger partial charge in [0, 0.05) is 16.1 Å². The summed E-state index contributed by atoms with van der Waals surface area (Å²) in [4.78, 5) is 0. The van der Waals surface area contributed by atoms with Crippen LogP contribution in [0.3, 0.4) is 0 Å². The Hall–Kier alpha value is -0.240. The molecule has 0 aliphatic rings. The first-order valence-corrected chi connectivity index (χ1v) is 6.47. The molecule has 0 aromatic heterocycles. The number of hydrogen-bond donors (Lipinski definition) is 1. The molecule has 90 valence electrons. The van der Waals surface area contributed by atoms with Crippen LogP contribution >= 0.6 is 23.2 Å². The minimum Gasteiger partial charge on any atom is -0.324 e. The molecule has 1 nitrogen and oxygen atoms in total. The number of benzene rings is 1. The summed E-state index contributed by atoms with van der Waals surface area (Å²) in [5.41, 5.74) is 7.10. The van der Waals surface area contributed by atoms with E-state index in [4.69, 9.17) is 28.9 Å². The lowest BCUT2D eigenvalue weighted by Gasteiger charge is -2.14. The van der Waals surface area contributed by atoms with Crippen LogP contribution in [0.4, 0.5) is 0 Å². The highest BCUT2D eigenvalue weighted by Crippen LogP contribution is 2.27. The van der Waals surface area contributed by atoms with Gasteiger partial charge in [-0.25, -0.2) is 0 Å². The monoisotopic (exact) mass is 259 g/mol. The van der Waals surface area contributed by atoms with E-state index in [-0.39, 0.29) is 6.04 Å². The second-order valence-corrected chi connectivity index (χ2v) is 5.44. The predicted molar refractivity (Wildman–Crippen MR) is 72.1 cm³/mol. The van der Waals surface area contributed by atoms with Crippen molar-refractivity contribution in [2.24, 2.45) is 11.7 Å². The molecule has 3 heteroatoms. The number of rotatable bonds is 5. The van der Waals surface area contributed by atoms with Crippen LogP contribution in [0.15, 0.2) is 18.2 Å². The molecule has 1 rings (SSSR count). The highest BCUT2D eigenvalue weighted by atomic mass is 35.5. The lowest BCUT2D eigenvalue weighted by molar-refractivity contribution is 0.505. The lowest BCUT2D eigenvalue weighted by Crippen LogP contribution is -2.11. The summed E-state index contributed by atoms with van der Waals surface area (Å²) >= 11 is 11.9. The molecule has 0 saturated heterocycles. The molecule has 0 spiro atoms. The van der Waals surface area contributed by atoms with Crippen LogP contribution in [-0.2, 0) is 0 Å². The Morgan fingerprint density at radius 2 is 1.88 bits per heavy atom. The average Bonchev–Trinajstić information content (AvgIpc) is 2.16. The molecule has 0 amide bonds. The van der Waals surface area contributed by atoms with Gasteiger partial charge in [-0.2, -0.15) is 0 Å². The van der Waals surface area contributed by atoms with Gasteiger partial charge < -0.3 is 5.73 Å². The van der Waals surface area contributed by atoms with Crippen molar-refractivity contribution in [3.63, 3.8) is 0 Å². The maximum atomic E-state index is 6.10. The Bertz CT molecular complexity index is 337. The summed E-state index contributed by atoms with van der Waals surface area (Å²) in [5.74, 6) is 0.730. The van der Waals surface area contributed by atoms with Gasteiger partial charge in [-0.3, -0.25) is 0 Å². The van der Waals surface area contributed by atoms with Crippen molar-refractivity contribution >= 4 is 23.2 Å². The molecule has 0 radical (unpaired) electrons. The molecule has 0 aliphatic carbocycles. The Morgan fingerprint density at radius 3 is 2.44 bits per heavy atom. The highest BCUT2D eigenvalue weighted by Gasteiger charge is 2.10. The molecule has 1 atom stereocenters. The zero-order valence-electron chi connectivity index (χ0n) is 9.84. The number of nitrogens with two attached hydrogens (primary N) is 1. The van der Waals surface area contributed by atoms with Gasteiger partial charge in [-0.1, -0.05) is 56.0 Å². The topological polar surface area (TPSA) is 26.0 Å². The molecule has 1 unspecified atom stereocenters. The first kappa shape index (κ1) is 13.8. The highest BCUT2D eigenvalue weighted by molar-refractivity contribution is 6.35. The van der Waals surface area contributed by atoms with E-state index in [9.17, 15) is 0 Å². The minimum atomic E-state index is 0.0171. The van der Waals surface area contributed by atoms with Gasteiger partial charge in [0.05, 0.1) is 0 Å². The van der Waals surface area contributed by atoms with Crippen LogP contribution in [0.25, 0.3) is 0 Å². The van der Waals surface area contributed by atoms with E-state index >= 15 is 0 Å². The molecule has 2 N–H and O–H groups in total. The van der Waals surface area contributed by atoms with E-state index < -0.39 is 0 Å². The van der Waals surface area contributed by atoms with Crippen LogP contribution in [-0.4, -0.2) is 0 Å². The van der Waals surface area contributed by atoms with E-state index in [0.717, 1.165) is 24.3 Å². The largest absolute Gasteiger partial charge is 0.324 e. The first-order chi connectivity index (χ1) is 7.50. The SMILES string of the molecule is CC(C)CCCC(N)c1ccc(Cl)cc1Cl. The van der Waals surface area contributed by atoms with E-state index in [0.29, 0.717) is 10.0 Å². The summed E-state index contributed by atoms with van der Waals surface area (Å²) < 4.78 is 0. The normalized spacial score (nSPS) is 13.1. The fourth-order valence-corrected chi connectivity index (χ4v) is 2.25. The zero-order chi connectivity index (χ0) is 12.1. The zero-order valence-corrected chi connectivity index (χ0v) is 11.4. The van der Waals surface area contributed by atoms with Gasteiger partial charge in [0.1, 0.15) is 0 Å². The van der Waals surface area contributed by atoms with Crippen molar-refractivity contribution in [3.8, 4) is 0 Å². The third-order valence-corrected chi connectivity index (χ3v) is 3.22. The maximum absolute atomic E-state index is 6.10. The first-order valence-electron chi connectivity index (χ1n) is 5.71. The quantitative estimate of drug-likeness (QED) is 0.807. The van der Waals surface area contributed by atoms with Crippen LogP contribution in [0.2, 0.25) is 10.0 Å². The smallest absolute Gasteiger partial charge is 0.0468 e. The molecular weight excluding hydrogens is 241 g/mol. The van der Waals surface area contributed by atoms with Crippen LogP contribution < -0.4 is 5.73 Å². The van der Waals surface area contributed by atoms with Gasteiger partial charge >= 0.3 is 0 Å². The predicted octanol–water partition coefficient (Wildman–Crippen LogP) is 4.82. The van der Waals surface area contributed by atoms with Crippen LogP contribution in [0, 0.1) is 5.92 Å². The molecule has 1 aromatic carbocycles. The third-order valence-electron chi connectivity index (χ3n) is 2.66. The average molecular weight is 260 g/mol. The fourth-order valence-electron chi connectivity index (χ4n) is 1.70. The van der Waals surface area contributed by atoms with E-state index in [1.165, 1.54) is 6.42 Å². The second kappa shape index (κ2) is 6.48. The van der Waals surface area contributed by atoms with E-state index in [1.807, 2.05) is 12.1 Å². The van der Waals surface area contributed by atoms with E-state index in [1.54, 1.807) is 6.07 Å². The third kappa shape index (κ3) is 4.32. The molecule has 16 heavy (non-hydrogen) atoms. The molecule has 0 fully saturated rings. The van der Waals surface area contributed by atoms with Gasteiger partial charge in [0.15, 0.2) is 0 Å². The Morgan fingerprint density at radius 1 is 1.19 bits per heavy atom. The van der Waals surface area contributed by atoms with Crippen molar-refractivity contribution in [1.29, 1.82) is 0 Å². The summed E-state index contributed by atoms with van der Waals surface area (Å²) in [5, 5.41) is 1.33. The van der Waals surface area contributed by atoms with Crippen molar-refractivity contribution in [2.75, 3.05) is 0 Å². The summed E-state index contributed by atoms with van der Waals surface area (Å²) in [6.45, 7) is 4.45. The second-order valence-electron chi connectivity index (χ2n) is 4.60. The maximum Gasteiger partial charge on any atom is 0.0468 e. The molecule has 0 bridgehead atoms. The molecular formula is C13H19Cl2N.